The molecule has 8 heteroatoms. The summed E-state index contributed by atoms with van der Waals surface area (Å²) in [6.45, 7) is 2.03. The molecule has 0 atom stereocenters. The van der Waals surface area contributed by atoms with Crippen molar-refractivity contribution in [3.63, 3.8) is 0 Å². The summed E-state index contributed by atoms with van der Waals surface area (Å²) in [5.41, 5.74) is 7.71. The highest BCUT2D eigenvalue weighted by Gasteiger charge is 2.18. The molecule has 0 aliphatic heterocycles. The SMILES string of the molecule is CCc1cnccc1-c1noc(-c2nonc2N)n1. The molecule has 0 aromatic carbocycles. The summed E-state index contributed by atoms with van der Waals surface area (Å²) in [6, 6.07) is 1.83. The number of anilines is 1. The van der Waals surface area contributed by atoms with Crippen molar-refractivity contribution >= 4 is 5.82 Å². The van der Waals surface area contributed by atoms with Gasteiger partial charge in [-0.15, -0.1) is 0 Å². The van der Waals surface area contributed by atoms with Crippen LogP contribution in [0, 0.1) is 0 Å². The molecule has 0 saturated heterocycles. The number of hydrogen-bond donors (Lipinski definition) is 1. The van der Waals surface area contributed by atoms with Crippen molar-refractivity contribution in [2.75, 3.05) is 5.73 Å². The Balaban J connectivity index is 2.04. The summed E-state index contributed by atoms with van der Waals surface area (Å²) in [6.07, 6.45) is 4.27. The van der Waals surface area contributed by atoms with E-state index in [9.17, 15) is 0 Å². The van der Waals surface area contributed by atoms with Gasteiger partial charge in [-0.3, -0.25) is 4.98 Å². The Bertz CT molecular complexity index is 705. The molecule has 0 spiro atoms. The largest absolute Gasteiger partial charge is 0.379 e. The maximum atomic E-state index is 5.57. The Kier molecular flexibility index (Phi) is 2.67. The highest BCUT2D eigenvalue weighted by molar-refractivity contribution is 5.65. The number of rotatable bonds is 3. The van der Waals surface area contributed by atoms with Crippen LogP contribution in [0.4, 0.5) is 5.82 Å². The molecule has 3 aromatic heterocycles. The molecule has 19 heavy (non-hydrogen) atoms. The Hall–Kier alpha value is -2.77. The second kappa shape index (κ2) is 4.48. The molecule has 0 unspecified atom stereocenters. The minimum Gasteiger partial charge on any atom is -0.379 e. The number of nitrogen functional groups attached to an aromatic ring is 1. The third kappa shape index (κ3) is 1.92. The molecule has 0 amide bonds. The van der Waals surface area contributed by atoms with Gasteiger partial charge in [0.1, 0.15) is 0 Å². The van der Waals surface area contributed by atoms with Gasteiger partial charge in [0.05, 0.1) is 0 Å². The normalized spacial score (nSPS) is 10.8. The maximum Gasteiger partial charge on any atom is 0.284 e. The van der Waals surface area contributed by atoms with Gasteiger partial charge >= 0.3 is 0 Å². The van der Waals surface area contributed by atoms with Crippen LogP contribution in [0.2, 0.25) is 0 Å². The van der Waals surface area contributed by atoms with E-state index < -0.39 is 0 Å². The highest BCUT2D eigenvalue weighted by atomic mass is 16.6. The Morgan fingerprint density at radius 1 is 1.26 bits per heavy atom. The number of nitrogens with zero attached hydrogens (tertiary/aromatic N) is 5. The summed E-state index contributed by atoms with van der Waals surface area (Å²) in [4.78, 5) is 8.31. The van der Waals surface area contributed by atoms with Crippen molar-refractivity contribution in [1.29, 1.82) is 0 Å². The van der Waals surface area contributed by atoms with E-state index in [1.807, 2.05) is 13.0 Å². The lowest BCUT2D eigenvalue weighted by Gasteiger charge is -2.00. The van der Waals surface area contributed by atoms with Gasteiger partial charge in [-0.25, -0.2) is 4.63 Å². The molecule has 0 aliphatic carbocycles. The summed E-state index contributed by atoms with van der Waals surface area (Å²) in [5, 5.41) is 11.0. The monoisotopic (exact) mass is 258 g/mol. The fourth-order valence-electron chi connectivity index (χ4n) is 1.70. The summed E-state index contributed by atoms with van der Waals surface area (Å²) >= 11 is 0. The van der Waals surface area contributed by atoms with Gasteiger partial charge in [0.2, 0.25) is 17.3 Å². The van der Waals surface area contributed by atoms with Gasteiger partial charge in [-0.1, -0.05) is 12.1 Å². The summed E-state index contributed by atoms with van der Waals surface area (Å²) < 4.78 is 9.62. The van der Waals surface area contributed by atoms with Crippen LogP contribution in [-0.4, -0.2) is 25.4 Å². The van der Waals surface area contributed by atoms with E-state index in [1.165, 1.54) is 0 Å². The minimum atomic E-state index is 0.112. The molecule has 8 nitrogen and oxygen atoms in total. The van der Waals surface area contributed by atoms with Crippen molar-refractivity contribution in [1.82, 2.24) is 25.4 Å². The van der Waals surface area contributed by atoms with Gasteiger partial charge in [-0.05, 0) is 28.4 Å². The third-order valence-electron chi connectivity index (χ3n) is 2.67. The van der Waals surface area contributed by atoms with E-state index in [-0.39, 0.29) is 17.4 Å². The van der Waals surface area contributed by atoms with Crippen molar-refractivity contribution in [2.24, 2.45) is 0 Å². The van der Waals surface area contributed by atoms with Crippen LogP contribution in [0.15, 0.2) is 27.6 Å². The number of aryl methyl sites for hydroxylation is 1. The molecule has 3 heterocycles. The van der Waals surface area contributed by atoms with E-state index in [0.29, 0.717) is 5.82 Å². The van der Waals surface area contributed by atoms with Gasteiger partial charge < -0.3 is 10.3 Å². The van der Waals surface area contributed by atoms with Crippen LogP contribution in [0.3, 0.4) is 0 Å². The molecule has 96 valence electrons. The lowest BCUT2D eigenvalue weighted by atomic mass is 10.1. The van der Waals surface area contributed by atoms with Gasteiger partial charge in [0.15, 0.2) is 0 Å². The third-order valence-corrected chi connectivity index (χ3v) is 2.67. The van der Waals surface area contributed by atoms with Crippen LogP contribution >= 0.6 is 0 Å². The highest BCUT2D eigenvalue weighted by Crippen LogP contribution is 2.25. The lowest BCUT2D eigenvalue weighted by Crippen LogP contribution is -1.91. The fourth-order valence-corrected chi connectivity index (χ4v) is 1.70. The Morgan fingerprint density at radius 2 is 2.16 bits per heavy atom. The standard InChI is InChI=1S/C11H10N6O2/c1-2-6-5-13-4-3-7(6)10-14-11(18-17-10)8-9(12)16-19-15-8/h3-5H,2H2,1H3,(H2,12,16). The summed E-state index contributed by atoms with van der Waals surface area (Å²) in [7, 11) is 0. The molecule has 3 aromatic rings. The Morgan fingerprint density at radius 3 is 2.89 bits per heavy atom. The van der Waals surface area contributed by atoms with Crippen LogP contribution in [0.1, 0.15) is 12.5 Å². The molecule has 0 fully saturated rings. The zero-order chi connectivity index (χ0) is 13.2. The van der Waals surface area contributed by atoms with E-state index in [4.69, 9.17) is 10.3 Å². The first-order valence-electron chi connectivity index (χ1n) is 5.65. The van der Waals surface area contributed by atoms with Crippen molar-refractivity contribution < 1.29 is 9.15 Å². The molecule has 0 saturated carbocycles. The van der Waals surface area contributed by atoms with Crippen molar-refractivity contribution in [3.05, 3.63) is 24.0 Å². The topological polar surface area (TPSA) is 117 Å². The van der Waals surface area contributed by atoms with Gasteiger partial charge in [0.25, 0.3) is 5.89 Å². The fraction of sp³-hybridized carbons (Fsp3) is 0.182. The first kappa shape index (κ1) is 11.3. The molecule has 2 N–H and O–H groups in total. The average Bonchev–Trinajstić information content (AvgIpc) is 3.07. The average molecular weight is 258 g/mol. The van der Waals surface area contributed by atoms with Gasteiger partial charge in [-0.2, -0.15) is 4.98 Å². The van der Waals surface area contributed by atoms with Crippen LogP contribution in [0.25, 0.3) is 23.0 Å². The smallest absolute Gasteiger partial charge is 0.284 e. The molecule has 0 aliphatic rings. The maximum absolute atomic E-state index is 5.57. The molecular formula is C11H10N6O2. The van der Waals surface area contributed by atoms with Crippen LogP contribution in [-0.2, 0) is 6.42 Å². The zero-order valence-corrected chi connectivity index (χ0v) is 10.1. The predicted octanol–water partition coefficient (Wildman–Crippen LogP) is 1.33. The first-order valence-corrected chi connectivity index (χ1v) is 5.65. The number of aromatic nitrogens is 5. The van der Waals surface area contributed by atoms with Crippen LogP contribution in [0.5, 0.6) is 0 Å². The second-order valence-corrected chi connectivity index (χ2v) is 3.81. The molecule has 0 radical (unpaired) electrons. The molecular weight excluding hydrogens is 248 g/mol. The van der Waals surface area contributed by atoms with Crippen LogP contribution < -0.4 is 5.73 Å². The van der Waals surface area contributed by atoms with E-state index in [2.05, 4.69) is 30.1 Å². The first-order chi connectivity index (χ1) is 9.29. The van der Waals surface area contributed by atoms with Crippen molar-refractivity contribution in [3.8, 4) is 23.0 Å². The minimum absolute atomic E-state index is 0.112. The second-order valence-electron chi connectivity index (χ2n) is 3.81. The number of pyridine rings is 1. The lowest BCUT2D eigenvalue weighted by molar-refractivity contribution is 0.308. The quantitative estimate of drug-likeness (QED) is 0.747. The van der Waals surface area contributed by atoms with E-state index in [0.717, 1.165) is 17.5 Å². The number of nitrogens with two attached hydrogens (primary N) is 1. The zero-order valence-electron chi connectivity index (χ0n) is 10.1. The summed E-state index contributed by atoms with van der Waals surface area (Å²) in [5.74, 6) is 0.741. The van der Waals surface area contributed by atoms with Crippen molar-refractivity contribution in [2.45, 2.75) is 13.3 Å². The van der Waals surface area contributed by atoms with Gasteiger partial charge in [0, 0.05) is 18.0 Å². The van der Waals surface area contributed by atoms with E-state index >= 15 is 0 Å². The number of hydrogen-bond acceptors (Lipinski definition) is 8. The molecule has 3 rings (SSSR count). The Labute approximate surface area is 107 Å². The predicted molar refractivity (Wildman–Crippen MR) is 64.6 cm³/mol. The molecule has 0 bridgehead atoms. The van der Waals surface area contributed by atoms with E-state index in [1.54, 1.807) is 12.4 Å².